The van der Waals surface area contributed by atoms with Gasteiger partial charge in [-0.1, -0.05) is 42.0 Å². The molecule has 0 fully saturated rings. The van der Waals surface area contributed by atoms with Crippen LogP contribution < -0.4 is 10.6 Å². The Hall–Kier alpha value is -1.80. The lowest BCUT2D eigenvalue weighted by Gasteiger charge is -2.18. The summed E-state index contributed by atoms with van der Waals surface area (Å²) in [7, 11) is 0. The van der Waals surface area contributed by atoms with Crippen LogP contribution in [0.15, 0.2) is 42.5 Å². The molecule has 2 nitrogen and oxygen atoms in total. The minimum atomic E-state index is 0.951. The molecule has 0 amide bonds. The molecule has 3 rings (SSSR count). The van der Waals surface area contributed by atoms with Crippen LogP contribution in [0, 0.1) is 6.92 Å². The second-order valence-corrected chi connectivity index (χ2v) is 5.93. The van der Waals surface area contributed by atoms with E-state index in [9.17, 15) is 0 Å². The van der Waals surface area contributed by atoms with Gasteiger partial charge in [0.25, 0.3) is 0 Å². The van der Waals surface area contributed by atoms with Gasteiger partial charge in [0.1, 0.15) is 0 Å². The molecule has 0 bridgehead atoms. The zero-order chi connectivity index (χ0) is 14.5. The van der Waals surface area contributed by atoms with Crippen molar-refractivity contribution in [2.75, 3.05) is 18.4 Å². The average Bonchev–Trinajstić information content (AvgIpc) is 2.53. The van der Waals surface area contributed by atoms with E-state index >= 15 is 0 Å². The minimum Gasteiger partial charge on any atom is -0.385 e. The van der Waals surface area contributed by atoms with E-state index in [0.29, 0.717) is 0 Å². The fourth-order valence-electron chi connectivity index (χ4n) is 2.86. The van der Waals surface area contributed by atoms with Gasteiger partial charge in [-0.2, -0.15) is 0 Å². The van der Waals surface area contributed by atoms with Gasteiger partial charge in [-0.3, -0.25) is 0 Å². The van der Waals surface area contributed by atoms with E-state index in [0.717, 1.165) is 26.1 Å². The summed E-state index contributed by atoms with van der Waals surface area (Å²) in [6.07, 6.45) is 3.56. The number of hydrogen-bond donors (Lipinski definition) is 2. The molecule has 2 aromatic carbocycles. The van der Waals surface area contributed by atoms with Gasteiger partial charge in [-0.15, -0.1) is 0 Å². The van der Waals surface area contributed by atoms with E-state index in [1.54, 1.807) is 0 Å². The highest BCUT2D eigenvalue weighted by Gasteiger charge is 2.08. The van der Waals surface area contributed by atoms with E-state index in [4.69, 9.17) is 0 Å². The largest absolute Gasteiger partial charge is 0.385 e. The molecular weight excluding hydrogens is 256 g/mol. The third kappa shape index (κ3) is 3.85. The van der Waals surface area contributed by atoms with Crippen LogP contribution in [0.25, 0.3) is 0 Å². The molecule has 21 heavy (non-hydrogen) atoms. The van der Waals surface area contributed by atoms with Crippen molar-refractivity contribution in [1.82, 2.24) is 5.32 Å². The molecular formula is C19H24N2. The molecule has 0 atom stereocenters. The maximum absolute atomic E-state index is 3.53. The van der Waals surface area contributed by atoms with Crippen LogP contribution in [0.3, 0.4) is 0 Å². The summed E-state index contributed by atoms with van der Waals surface area (Å²) < 4.78 is 0. The van der Waals surface area contributed by atoms with Crippen molar-refractivity contribution in [2.45, 2.75) is 32.7 Å². The molecule has 0 aromatic heterocycles. The minimum absolute atomic E-state index is 0.951. The van der Waals surface area contributed by atoms with Crippen molar-refractivity contribution in [3.8, 4) is 0 Å². The second kappa shape index (κ2) is 6.77. The number of fused-ring (bicyclic) bond motifs is 1. The van der Waals surface area contributed by atoms with E-state index < -0.39 is 0 Å². The number of benzene rings is 2. The number of rotatable bonds is 5. The number of hydrogen-bond acceptors (Lipinski definition) is 2. The number of nitrogens with one attached hydrogen (secondary N) is 2. The standard InChI is InChI=1S/C19H24N2/c1-15-4-6-17(7-5-15)14-20-12-10-16-8-9-19-18(13-16)3-2-11-21-19/h4-9,13,20-21H,2-3,10-12,14H2,1H3. The van der Waals surface area contributed by atoms with Crippen LogP contribution in [-0.2, 0) is 19.4 Å². The number of anilines is 1. The van der Waals surface area contributed by atoms with Crippen molar-refractivity contribution in [3.63, 3.8) is 0 Å². The molecule has 2 N–H and O–H groups in total. The molecule has 1 aliphatic rings. The van der Waals surface area contributed by atoms with Crippen LogP contribution in [0.1, 0.15) is 28.7 Å². The van der Waals surface area contributed by atoms with Crippen LogP contribution in [-0.4, -0.2) is 13.1 Å². The van der Waals surface area contributed by atoms with Crippen molar-refractivity contribution in [3.05, 3.63) is 64.7 Å². The Labute approximate surface area is 127 Å². The van der Waals surface area contributed by atoms with Crippen LogP contribution in [0.4, 0.5) is 5.69 Å². The first-order valence-electron chi connectivity index (χ1n) is 7.93. The van der Waals surface area contributed by atoms with Crippen molar-refractivity contribution < 1.29 is 0 Å². The zero-order valence-corrected chi connectivity index (χ0v) is 12.8. The predicted octanol–water partition coefficient (Wildman–Crippen LogP) is 3.69. The summed E-state index contributed by atoms with van der Waals surface area (Å²) in [5.41, 5.74) is 6.93. The fraction of sp³-hybridized carbons (Fsp3) is 0.368. The molecule has 0 spiro atoms. The molecule has 2 heteroatoms. The Morgan fingerprint density at radius 3 is 2.71 bits per heavy atom. The van der Waals surface area contributed by atoms with Gasteiger partial charge < -0.3 is 10.6 Å². The summed E-state index contributed by atoms with van der Waals surface area (Å²) in [5, 5.41) is 7.00. The molecule has 1 aliphatic heterocycles. The molecule has 110 valence electrons. The lowest BCUT2D eigenvalue weighted by Crippen LogP contribution is -2.17. The highest BCUT2D eigenvalue weighted by molar-refractivity contribution is 5.54. The van der Waals surface area contributed by atoms with Crippen LogP contribution in [0.5, 0.6) is 0 Å². The third-order valence-corrected chi connectivity index (χ3v) is 4.15. The highest BCUT2D eigenvalue weighted by atomic mass is 14.9. The average molecular weight is 280 g/mol. The van der Waals surface area contributed by atoms with Crippen LogP contribution in [0.2, 0.25) is 0 Å². The van der Waals surface area contributed by atoms with E-state index in [2.05, 4.69) is 60.0 Å². The van der Waals surface area contributed by atoms with E-state index in [1.165, 1.54) is 40.8 Å². The highest BCUT2D eigenvalue weighted by Crippen LogP contribution is 2.22. The molecule has 0 radical (unpaired) electrons. The van der Waals surface area contributed by atoms with Crippen LogP contribution >= 0.6 is 0 Å². The molecule has 0 saturated heterocycles. The van der Waals surface area contributed by atoms with Gasteiger partial charge in [0, 0.05) is 18.8 Å². The van der Waals surface area contributed by atoms with Crippen molar-refractivity contribution in [2.24, 2.45) is 0 Å². The van der Waals surface area contributed by atoms with Crippen molar-refractivity contribution >= 4 is 5.69 Å². The summed E-state index contributed by atoms with van der Waals surface area (Å²) in [6, 6.07) is 15.6. The van der Waals surface area contributed by atoms with Crippen molar-refractivity contribution in [1.29, 1.82) is 0 Å². The monoisotopic (exact) mass is 280 g/mol. The number of aryl methyl sites for hydroxylation is 2. The SMILES string of the molecule is Cc1ccc(CNCCc2ccc3c(c2)CCCN3)cc1. The molecule has 0 aliphatic carbocycles. The van der Waals surface area contributed by atoms with E-state index in [-0.39, 0.29) is 0 Å². The Morgan fingerprint density at radius 2 is 1.86 bits per heavy atom. The summed E-state index contributed by atoms with van der Waals surface area (Å²) >= 11 is 0. The molecule has 1 heterocycles. The Kier molecular flexibility index (Phi) is 4.56. The second-order valence-electron chi connectivity index (χ2n) is 5.93. The summed E-state index contributed by atoms with van der Waals surface area (Å²) in [4.78, 5) is 0. The fourth-order valence-corrected chi connectivity index (χ4v) is 2.86. The molecule has 0 saturated carbocycles. The molecule has 0 unspecified atom stereocenters. The van der Waals surface area contributed by atoms with Gasteiger partial charge in [-0.05, 0) is 55.5 Å². The normalized spacial score (nSPS) is 13.6. The summed E-state index contributed by atoms with van der Waals surface area (Å²) in [6.45, 7) is 5.22. The first-order valence-corrected chi connectivity index (χ1v) is 7.93. The Balaban J connectivity index is 1.48. The van der Waals surface area contributed by atoms with Gasteiger partial charge >= 0.3 is 0 Å². The first kappa shape index (κ1) is 14.2. The predicted molar refractivity (Wildman–Crippen MR) is 89.8 cm³/mol. The van der Waals surface area contributed by atoms with Gasteiger partial charge in [0.15, 0.2) is 0 Å². The van der Waals surface area contributed by atoms with E-state index in [1.807, 2.05) is 0 Å². The Morgan fingerprint density at radius 1 is 1.05 bits per heavy atom. The molecule has 2 aromatic rings. The van der Waals surface area contributed by atoms with Gasteiger partial charge in [-0.25, -0.2) is 0 Å². The first-order chi connectivity index (χ1) is 10.3. The smallest absolute Gasteiger partial charge is 0.0372 e. The lowest BCUT2D eigenvalue weighted by molar-refractivity contribution is 0.686. The third-order valence-electron chi connectivity index (χ3n) is 4.15. The Bertz CT molecular complexity index is 587. The van der Waals surface area contributed by atoms with Gasteiger partial charge in [0.05, 0.1) is 0 Å². The van der Waals surface area contributed by atoms with Gasteiger partial charge in [0.2, 0.25) is 0 Å². The quantitative estimate of drug-likeness (QED) is 0.816. The maximum atomic E-state index is 3.53. The zero-order valence-electron chi connectivity index (χ0n) is 12.8. The maximum Gasteiger partial charge on any atom is 0.0372 e. The summed E-state index contributed by atoms with van der Waals surface area (Å²) in [5.74, 6) is 0. The topological polar surface area (TPSA) is 24.1 Å². The lowest BCUT2D eigenvalue weighted by atomic mass is 9.99.